The highest BCUT2D eigenvalue weighted by Gasteiger charge is 2.51. The van der Waals surface area contributed by atoms with Crippen molar-refractivity contribution >= 4 is 22.6 Å². The first-order valence-corrected chi connectivity index (χ1v) is 14.3. The van der Waals surface area contributed by atoms with Crippen LogP contribution in [0.15, 0.2) is 91.0 Å². The Hall–Kier alpha value is -1.85. The predicted octanol–water partition coefficient (Wildman–Crippen LogP) is 5.84. The van der Waals surface area contributed by atoms with E-state index in [1.54, 1.807) is 0 Å². The molecule has 3 aromatic rings. The minimum Gasteiger partial charge on any atom is -0.368 e. The first-order valence-electron chi connectivity index (χ1n) is 12.8. The van der Waals surface area contributed by atoms with E-state index >= 15 is 0 Å². The van der Waals surface area contributed by atoms with Crippen LogP contribution < -0.4 is 0 Å². The quantitative estimate of drug-likeness (QED) is 0.153. The third-order valence-electron chi connectivity index (χ3n) is 6.49. The van der Waals surface area contributed by atoms with Gasteiger partial charge in [-0.05, 0) is 17.5 Å². The number of halogens is 1. The van der Waals surface area contributed by atoms with Gasteiger partial charge in [0.15, 0.2) is 12.6 Å². The van der Waals surface area contributed by atoms with Crippen molar-refractivity contribution < 1.29 is 28.4 Å². The Bertz CT molecular complexity index is 1050. The SMILES string of the molecule is ICCCO[C@@H]1O[C@@H]2CO[C@@H](c3ccccc3)O[C@H]2[C@H](OCc2ccccc2)[C@@H]1OCc1ccccc1. The summed E-state index contributed by atoms with van der Waals surface area (Å²) in [4.78, 5) is 0. The van der Waals surface area contributed by atoms with E-state index < -0.39 is 24.8 Å². The van der Waals surface area contributed by atoms with Gasteiger partial charge in [-0.25, -0.2) is 0 Å². The first-order chi connectivity index (χ1) is 18.3. The van der Waals surface area contributed by atoms with Gasteiger partial charge < -0.3 is 28.4 Å². The van der Waals surface area contributed by atoms with Gasteiger partial charge in [0.05, 0.1) is 26.4 Å². The summed E-state index contributed by atoms with van der Waals surface area (Å²) < 4.78 is 39.4. The minimum absolute atomic E-state index is 0.332. The summed E-state index contributed by atoms with van der Waals surface area (Å²) in [7, 11) is 0. The van der Waals surface area contributed by atoms with E-state index in [1.165, 1.54) is 0 Å². The lowest BCUT2D eigenvalue weighted by Gasteiger charge is -2.49. The second-order valence-electron chi connectivity index (χ2n) is 9.16. The molecule has 2 aliphatic rings. The van der Waals surface area contributed by atoms with E-state index in [4.69, 9.17) is 28.4 Å². The van der Waals surface area contributed by atoms with Crippen LogP contribution in [0.5, 0.6) is 0 Å². The van der Waals surface area contributed by atoms with Crippen molar-refractivity contribution in [2.24, 2.45) is 0 Å². The first kappa shape index (κ1) is 26.7. The highest BCUT2D eigenvalue weighted by Crippen LogP contribution is 2.37. The summed E-state index contributed by atoms with van der Waals surface area (Å²) in [6.45, 7) is 1.81. The molecule has 0 aliphatic carbocycles. The zero-order valence-electron chi connectivity index (χ0n) is 20.7. The summed E-state index contributed by atoms with van der Waals surface area (Å²) in [6.07, 6.45) is -1.77. The molecular formula is C30H33IO6. The Labute approximate surface area is 232 Å². The van der Waals surface area contributed by atoms with Crippen molar-refractivity contribution in [3.8, 4) is 0 Å². The van der Waals surface area contributed by atoms with Gasteiger partial charge in [-0.15, -0.1) is 0 Å². The Kier molecular flexibility index (Phi) is 9.97. The van der Waals surface area contributed by atoms with Crippen LogP contribution in [0.4, 0.5) is 0 Å². The molecule has 6 nitrogen and oxygen atoms in total. The van der Waals surface area contributed by atoms with Crippen molar-refractivity contribution in [1.29, 1.82) is 0 Å². The van der Waals surface area contributed by atoms with Gasteiger partial charge in [-0.2, -0.15) is 0 Å². The van der Waals surface area contributed by atoms with E-state index in [1.807, 2.05) is 66.7 Å². The number of fused-ring (bicyclic) bond motifs is 1. The lowest BCUT2D eigenvalue weighted by Crippen LogP contribution is -2.63. The molecule has 0 amide bonds. The zero-order chi connectivity index (χ0) is 25.3. The van der Waals surface area contributed by atoms with Crippen molar-refractivity contribution in [2.45, 2.75) is 56.6 Å². The monoisotopic (exact) mass is 616 g/mol. The van der Waals surface area contributed by atoms with Crippen LogP contribution in [0.2, 0.25) is 0 Å². The van der Waals surface area contributed by atoms with Crippen LogP contribution in [0.3, 0.4) is 0 Å². The number of alkyl halides is 1. The molecular weight excluding hydrogens is 583 g/mol. The number of ether oxygens (including phenoxy) is 6. The largest absolute Gasteiger partial charge is 0.368 e. The average molecular weight is 616 g/mol. The van der Waals surface area contributed by atoms with E-state index in [-0.39, 0.29) is 12.2 Å². The molecule has 0 unspecified atom stereocenters. The Balaban J connectivity index is 1.40. The molecule has 0 radical (unpaired) electrons. The second-order valence-corrected chi connectivity index (χ2v) is 10.2. The van der Waals surface area contributed by atoms with Crippen LogP contribution in [-0.4, -0.2) is 48.3 Å². The topological polar surface area (TPSA) is 55.4 Å². The fourth-order valence-electron chi connectivity index (χ4n) is 4.61. The number of hydrogen-bond donors (Lipinski definition) is 0. The molecule has 6 atom stereocenters. The molecule has 5 rings (SSSR count). The molecule has 0 saturated carbocycles. The van der Waals surface area contributed by atoms with E-state index in [9.17, 15) is 0 Å². The zero-order valence-corrected chi connectivity index (χ0v) is 22.9. The lowest BCUT2D eigenvalue weighted by atomic mass is 9.97. The maximum Gasteiger partial charge on any atom is 0.186 e. The molecule has 0 spiro atoms. The summed E-state index contributed by atoms with van der Waals surface area (Å²) in [5.74, 6) is 0. The molecule has 3 aromatic carbocycles. The molecule has 0 aromatic heterocycles. The van der Waals surface area contributed by atoms with Crippen LogP contribution in [0.1, 0.15) is 29.4 Å². The Morgan fingerprint density at radius 2 is 1.30 bits per heavy atom. The van der Waals surface area contributed by atoms with Gasteiger partial charge in [0.1, 0.15) is 24.4 Å². The molecule has 2 aliphatic heterocycles. The summed E-state index contributed by atoms with van der Waals surface area (Å²) in [5, 5.41) is 0. The molecule has 196 valence electrons. The highest BCUT2D eigenvalue weighted by molar-refractivity contribution is 14.1. The Morgan fingerprint density at radius 3 is 1.92 bits per heavy atom. The number of hydrogen-bond acceptors (Lipinski definition) is 6. The molecule has 2 heterocycles. The minimum atomic E-state index is -0.589. The fourth-order valence-corrected chi connectivity index (χ4v) is 4.92. The van der Waals surface area contributed by atoms with Crippen molar-refractivity contribution in [3.63, 3.8) is 0 Å². The molecule has 2 fully saturated rings. The second kappa shape index (κ2) is 13.8. The lowest BCUT2D eigenvalue weighted by molar-refractivity contribution is -0.372. The normalized spacial score (nSPS) is 27.5. The summed E-state index contributed by atoms with van der Waals surface area (Å²) in [5.41, 5.74) is 3.12. The predicted molar refractivity (Wildman–Crippen MR) is 148 cm³/mol. The van der Waals surface area contributed by atoms with E-state index in [0.717, 1.165) is 27.5 Å². The van der Waals surface area contributed by atoms with Crippen molar-refractivity contribution in [1.82, 2.24) is 0 Å². The average Bonchev–Trinajstić information content (AvgIpc) is 2.96. The van der Waals surface area contributed by atoms with Crippen LogP contribution in [0.25, 0.3) is 0 Å². The standard InChI is InChI=1S/C30H33IO6/c31-17-10-18-32-30-28(34-20-23-13-6-2-7-14-23)27(33-19-22-11-4-1-5-12-22)26-25(36-30)21-35-29(37-26)24-15-8-3-9-16-24/h1-9,11-16,25-30H,10,17-21H2/t25-,26-,27+,28+,29-,30-/m1/s1. The number of benzene rings is 3. The van der Waals surface area contributed by atoms with Crippen LogP contribution in [0, 0.1) is 0 Å². The van der Waals surface area contributed by atoms with Gasteiger partial charge >= 0.3 is 0 Å². The van der Waals surface area contributed by atoms with Crippen LogP contribution >= 0.6 is 22.6 Å². The van der Waals surface area contributed by atoms with Gasteiger partial charge in [-0.3, -0.25) is 0 Å². The molecule has 2 saturated heterocycles. The molecule has 37 heavy (non-hydrogen) atoms. The molecule has 0 bridgehead atoms. The van der Waals surface area contributed by atoms with Crippen LogP contribution in [-0.2, 0) is 41.6 Å². The summed E-state index contributed by atoms with van der Waals surface area (Å²) >= 11 is 2.36. The Morgan fingerprint density at radius 1 is 0.703 bits per heavy atom. The third-order valence-corrected chi connectivity index (χ3v) is 7.25. The fraction of sp³-hybridized carbons (Fsp3) is 0.400. The third kappa shape index (κ3) is 7.17. The van der Waals surface area contributed by atoms with Gasteiger partial charge in [0.2, 0.25) is 0 Å². The maximum absolute atomic E-state index is 6.59. The van der Waals surface area contributed by atoms with Crippen molar-refractivity contribution in [2.75, 3.05) is 17.6 Å². The summed E-state index contributed by atoms with van der Waals surface area (Å²) in [6, 6.07) is 30.2. The smallest absolute Gasteiger partial charge is 0.186 e. The van der Waals surface area contributed by atoms with Crippen molar-refractivity contribution in [3.05, 3.63) is 108 Å². The maximum atomic E-state index is 6.59. The van der Waals surface area contributed by atoms with Gasteiger partial charge in [0.25, 0.3) is 0 Å². The molecule has 0 N–H and O–H groups in total. The van der Waals surface area contributed by atoms with Gasteiger partial charge in [-0.1, -0.05) is 114 Å². The van der Waals surface area contributed by atoms with E-state index in [0.29, 0.717) is 26.4 Å². The van der Waals surface area contributed by atoms with E-state index in [2.05, 4.69) is 46.9 Å². The van der Waals surface area contributed by atoms with Gasteiger partial charge in [0, 0.05) is 9.99 Å². The molecule has 7 heteroatoms. The highest BCUT2D eigenvalue weighted by atomic mass is 127. The number of rotatable bonds is 11.